The minimum atomic E-state index is -0.344. The first kappa shape index (κ1) is 17.3. The molecule has 4 nitrogen and oxygen atoms in total. The van der Waals surface area contributed by atoms with Gasteiger partial charge in [0.25, 0.3) is 0 Å². The van der Waals surface area contributed by atoms with Crippen LogP contribution in [0.3, 0.4) is 0 Å². The van der Waals surface area contributed by atoms with E-state index in [-0.39, 0.29) is 17.0 Å². The number of benzene rings is 1. The number of Topliss-reactive ketones (excluding diaryl/α,β-unsaturated/α-hetero) is 1. The number of aromatic nitrogens is 3. The Hall–Kier alpha value is -2.56. The van der Waals surface area contributed by atoms with Crippen molar-refractivity contribution >= 4 is 16.7 Å². The van der Waals surface area contributed by atoms with E-state index in [2.05, 4.69) is 30.7 Å². The molecule has 0 N–H and O–H groups in total. The summed E-state index contributed by atoms with van der Waals surface area (Å²) in [6.07, 6.45) is 5.03. The number of rotatable bonds is 3. The lowest BCUT2D eigenvalue weighted by atomic mass is 9.97. The van der Waals surface area contributed by atoms with Gasteiger partial charge < -0.3 is 4.57 Å². The van der Waals surface area contributed by atoms with Gasteiger partial charge in [-0.2, -0.15) is 0 Å². The predicted octanol–water partition coefficient (Wildman–Crippen LogP) is 4.79. The van der Waals surface area contributed by atoms with E-state index in [4.69, 9.17) is 0 Å². The first-order chi connectivity index (χ1) is 11.7. The van der Waals surface area contributed by atoms with Gasteiger partial charge in [0.1, 0.15) is 11.6 Å². The zero-order valence-electron chi connectivity index (χ0n) is 15.2. The summed E-state index contributed by atoms with van der Waals surface area (Å²) in [4.78, 5) is 20.4. The van der Waals surface area contributed by atoms with Gasteiger partial charge in [-0.15, -0.1) is 0 Å². The van der Waals surface area contributed by atoms with Gasteiger partial charge >= 0.3 is 0 Å². The normalized spacial score (nSPS) is 11.9. The Bertz CT molecular complexity index is 950. The molecule has 0 fully saturated rings. The molecule has 3 aromatic rings. The van der Waals surface area contributed by atoms with Crippen molar-refractivity contribution in [1.29, 1.82) is 0 Å². The molecule has 0 unspecified atom stereocenters. The Morgan fingerprint density at radius 2 is 1.84 bits per heavy atom. The van der Waals surface area contributed by atoms with Crippen molar-refractivity contribution in [3.05, 3.63) is 47.9 Å². The highest BCUT2D eigenvalue weighted by molar-refractivity contribution is 6.08. The van der Waals surface area contributed by atoms with Gasteiger partial charge in [-0.3, -0.25) is 4.79 Å². The second-order valence-corrected chi connectivity index (χ2v) is 7.66. The van der Waals surface area contributed by atoms with Crippen LogP contribution in [0.1, 0.15) is 43.9 Å². The minimum absolute atomic E-state index is 0.0138. The highest BCUT2D eigenvalue weighted by Crippen LogP contribution is 2.32. The Morgan fingerprint density at radius 3 is 2.40 bits per heavy atom. The fourth-order valence-corrected chi connectivity index (χ4v) is 2.99. The second-order valence-electron chi connectivity index (χ2n) is 7.66. The molecule has 2 heterocycles. The topological polar surface area (TPSA) is 47.8 Å². The molecule has 25 heavy (non-hydrogen) atoms. The van der Waals surface area contributed by atoms with E-state index < -0.39 is 0 Å². The van der Waals surface area contributed by atoms with Crippen molar-refractivity contribution in [3.63, 3.8) is 0 Å². The van der Waals surface area contributed by atoms with Crippen LogP contribution in [-0.4, -0.2) is 20.3 Å². The Labute approximate surface area is 146 Å². The Kier molecular flexibility index (Phi) is 4.19. The van der Waals surface area contributed by atoms with Crippen LogP contribution in [0.25, 0.3) is 22.0 Å². The number of carbonyl (C=O) groups excluding carboxylic acids is 1. The number of hydrogen-bond acceptors (Lipinski definition) is 3. The summed E-state index contributed by atoms with van der Waals surface area (Å²) in [6.45, 7) is 10.4. The molecule has 0 aliphatic rings. The van der Waals surface area contributed by atoms with Crippen molar-refractivity contribution in [2.45, 2.75) is 41.2 Å². The fraction of sp³-hybridized carbons (Fsp3) is 0.350. The van der Waals surface area contributed by atoms with Crippen molar-refractivity contribution in [2.75, 3.05) is 0 Å². The number of ketones is 1. The molecule has 0 atom stereocenters. The smallest absolute Gasteiger partial charge is 0.161 e. The summed E-state index contributed by atoms with van der Waals surface area (Å²) in [6, 6.07) is 3.23. The SMILES string of the molecule is CC(=O)c1cn(CC(C)(C)C)c2cc(F)c(-c3cnc(C)nc3)cc12. The largest absolute Gasteiger partial charge is 0.346 e. The van der Waals surface area contributed by atoms with Gasteiger partial charge in [0.05, 0.1) is 5.52 Å². The number of nitrogens with zero attached hydrogens (tertiary/aromatic N) is 3. The zero-order chi connectivity index (χ0) is 18.4. The molecule has 130 valence electrons. The highest BCUT2D eigenvalue weighted by atomic mass is 19.1. The van der Waals surface area contributed by atoms with E-state index in [0.29, 0.717) is 29.1 Å². The second kappa shape index (κ2) is 6.06. The molecule has 0 saturated carbocycles. The molecule has 3 rings (SSSR count). The summed E-state index contributed by atoms with van der Waals surface area (Å²) < 4.78 is 16.7. The van der Waals surface area contributed by atoms with E-state index in [0.717, 1.165) is 10.9 Å². The van der Waals surface area contributed by atoms with E-state index >= 15 is 0 Å². The van der Waals surface area contributed by atoms with Crippen molar-refractivity contribution in [3.8, 4) is 11.1 Å². The lowest BCUT2D eigenvalue weighted by molar-refractivity contribution is 0.101. The third-order valence-corrected chi connectivity index (χ3v) is 4.09. The fourth-order valence-electron chi connectivity index (χ4n) is 2.99. The molecule has 0 aliphatic heterocycles. The number of halogens is 1. The van der Waals surface area contributed by atoms with Crippen LogP contribution in [0.5, 0.6) is 0 Å². The van der Waals surface area contributed by atoms with Gasteiger partial charge in [0.2, 0.25) is 0 Å². The van der Waals surface area contributed by atoms with E-state index in [1.807, 2.05) is 10.8 Å². The summed E-state index contributed by atoms with van der Waals surface area (Å²) in [5.74, 6) is 0.254. The molecule has 5 heteroatoms. The monoisotopic (exact) mass is 339 g/mol. The maximum Gasteiger partial charge on any atom is 0.161 e. The molecule has 0 amide bonds. The number of hydrogen-bond donors (Lipinski definition) is 0. The average Bonchev–Trinajstić information content (AvgIpc) is 2.84. The summed E-state index contributed by atoms with van der Waals surface area (Å²) in [5.41, 5.74) is 2.36. The van der Waals surface area contributed by atoms with Crippen LogP contribution in [0, 0.1) is 18.2 Å². The van der Waals surface area contributed by atoms with Crippen LogP contribution in [0.2, 0.25) is 0 Å². The average molecular weight is 339 g/mol. The van der Waals surface area contributed by atoms with E-state index in [1.165, 1.54) is 13.0 Å². The third-order valence-electron chi connectivity index (χ3n) is 4.09. The molecular formula is C20H22FN3O. The number of aryl methyl sites for hydroxylation is 1. The standard InChI is InChI=1S/C20H22FN3O/c1-12(25)17-10-24(11-20(3,4)5)19-7-18(21)15(6-16(17)19)14-8-22-13(2)23-9-14/h6-10H,11H2,1-5H3. The van der Waals surface area contributed by atoms with Crippen molar-refractivity contribution in [1.82, 2.24) is 14.5 Å². The number of fused-ring (bicyclic) bond motifs is 1. The molecule has 0 bridgehead atoms. The van der Waals surface area contributed by atoms with E-state index in [9.17, 15) is 9.18 Å². The quantitative estimate of drug-likeness (QED) is 0.644. The first-order valence-electron chi connectivity index (χ1n) is 8.28. The van der Waals surface area contributed by atoms with Crippen LogP contribution in [0.15, 0.2) is 30.7 Å². The molecule has 0 radical (unpaired) electrons. The summed E-state index contributed by atoms with van der Waals surface area (Å²) in [7, 11) is 0. The predicted molar refractivity (Wildman–Crippen MR) is 97.1 cm³/mol. The molecule has 0 aliphatic carbocycles. The summed E-state index contributed by atoms with van der Waals surface area (Å²) in [5, 5.41) is 0.758. The maximum absolute atomic E-state index is 14.8. The Balaban J connectivity index is 2.23. The van der Waals surface area contributed by atoms with Gasteiger partial charge in [-0.25, -0.2) is 14.4 Å². The first-order valence-corrected chi connectivity index (χ1v) is 8.28. The van der Waals surface area contributed by atoms with Gasteiger partial charge in [-0.05, 0) is 31.4 Å². The molecule has 0 spiro atoms. The van der Waals surface area contributed by atoms with Crippen LogP contribution in [0.4, 0.5) is 4.39 Å². The van der Waals surface area contributed by atoms with Gasteiger partial charge in [0.15, 0.2) is 5.78 Å². The lowest BCUT2D eigenvalue weighted by Crippen LogP contribution is -2.14. The van der Waals surface area contributed by atoms with Gasteiger partial charge in [0, 0.05) is 47.2 Å². The number of carbonyl (C=O) groups is 1. The van der Waals surface area contributed by atoms with Crippen molar-refractivity contribution in [2.24, 2.45) is 5.41 Å². The maximum atomic E-state index is 14.8. The molecule has 2 aromatic heterocycles. The Morgan fingerprint density at radius 1 is 1.20 bits per heavy atom. The summed E-state index contributed by atoms with van der Waals surface area (Å²) >= 11 is 0. The highest BCUT2D eigenvalue weighted by Gasteiger charge is 2.19. The molecular weight excluding hydrogens is 317 g/mol. The zero-order valence-corrected chi connectivity index (χ0v) is 15.2. The molecule has 0 saturated heterocycles. The minimum Gasteiger partial charge on any atom is -0.346 e. The van der Waals surface area contributed by atoms with Crippen molar-refractivity contribution < 1.29 is 9.18 Å². The van der Waals surface area contributed by atoms with E-state index in [1.54, 1.807) is 25.4 Å². The van der Waals surface area contributed by atoms with Crippen LogP contribution in [-0.2, 0) is 6.54 Å². The van der Waals surface area contributed by atoms with Gasteiger partial charge in [-0.1, -0.05) is 20.8 Å². The lowest BCUT2D eigenvalue weighted by Gasteiger charge is -2.20. The van der Waals surface area contributed by atoms with Crippen LogP contribution >= 0.6 is 0 Å². The third kappa shape index (κ3) is 3.45. The molecule has 1 aromatic carbocycles. The van der Waals surface area contributed by atoms with Crippen LogP contribution < -0.4 is 0 Å².